The molecule has 0 radical (unpaired) electrons. The van der Waals surface area contributed by atoms with E-state index in [-0.39, 0.29) is 16.5 Å². The zero-order valence-electron chi connectivity index (χ0n) is 2.49. The molecule has 42 valence electrons. The van der Waals surface area contributed by atoms with Gasteiger partial charge in [0.15, 0.2) is 10.3 Å². The average Bonchev–Trinajstić information content (AvgIpc) is 0.722. The van der Waals surface area contributed by atoms with E-state index in [0.29, 0.717) is 0 Å². The Labute approximate surface area is 45.5 Å². The van der Waals surface area contributed by atoms with Gasteiger partial charge in [0.1, 0.15) is 0 Å². The Kier molecular flexibility index (Phi) is 4.04. The topological polar surface area (TPSA) is 78.2 Å². The molecule has 6 heteroatoms. The fourth-order valence-corrected chi connectivity index (χ4v) is 0. The van der Waals surface area contributed by atoms with Gasteiger partial charge in [-0.25, -0.2) is 8.42 Å². The maximum absolute atomic E-state index is 8.85. The second kappa shape index (κ2) is 2.52. The van der Waals surface area contributed by atoms with E-state index in [4.69, 9.17) is 18.1 Å². The van der Waals surface area contributed by atoms with Crippen LogP contribution >= 0.6 is 0 Å². The maximum Gasteiger partial charge on any atom is 0.186 e. The zero-order chi connectivity index (χ0) is 4.50. The number of hydrogen-bond donors (Lipinski definition) is 1. The van der Waals surface area contributed by atoms with E-state index in [1.54, 1.807) is 0 Å². The minimum atomic E-state index is -4.42. The van der Waals surface area contributed by atoms with Gasteiger partial charge in [0.2, 0.25) is 0 Å². The first-order chi connectivity index (χ1) is 2.00. The van der Waals surface area contributed by atoms with E-state index in [9.17, 15) is 0 Å². The molecule has 0 rings (SSSR count). The normalized spacial score (nSPS) is 9.67. The molecule has 0 bridgehead atoms. The van der Waals surface area contributed by atoms with E-state index < -0.39 is 10.3 Å². The Morgan fingerprint density at radius 3 is 1.50 bits per heavy atom. The van der Waals surface area contributed by atoms with E-state index in [2.05, 4.69) is 0 Å². The standard InChI is InChI=1S/H2NO3S.Ni/c1-5(2,3)4;/h(H2-,1,2,3,4);/q-1;. The first kappa shape index (κ1) is 9.61. The van der Waals surface area contributed by atoms with E-state index >= 15 is 0 Å². The maximum atomic E-state index is 8.85. The minimum Gasteiger partial charge on any atom is -0.540 e. The molecule has 0 amide bonds. The van der Waals surface area contributed by atoms with Gasteiger partial charge in [0.05, 0.1) is 0 Å². The van der Waals surface area contributed by atoms with Crippen molar-refractivity contribution in [2.75, 3.05) is 0 Å². The van der Waals surface area contributed by atoms with E-state index in [0.717, 1.165) is 0 Å². The molecule has 6 heavy (non-hydrogen) atoms. The Morgan fingerprint density at radius 1 is 1.50 bits per heavy atom. The van der Waals surface area contributed by atoms with Crippen LogP contribution in [0.15, 0.2) is 0 Å². The van der Waals surface area contributed by atoms with E-state index in [1.807, 2.05) is 0 Å². The Bertz CT molecular complexity index is 94.0. The summed E-state index contributed by atoms with van der Waals surface area (Å²) in [4.78, 5) is 0. The SMILES string of the molecule is [NH-]S(=O)(=O)O.[Ni]. The third kappa shape index (κ3) is 374. The molecule has 0 saturated heterocycles. The summed E-state index contributed by atoms with van der Waals surface area (Å²) in [5.74, 6) is 0. The van der Waals surface area contributed by atoms with Crippen molar-refractivity contribution in [2.24, 2.45) is 0 Å². The Hall–Kier alpha value is 0.364. The molecule has 0 fully saturated rings. The predicted molar refractivity (Wildman–Crippen MR) is 15.9 cm³/mol. The molecule has 0 aromatic heterocycles. The molecule has 0 saturated carbocycles. The van der Waals surface area contributed by atoms with Crippen molar-refractivity contribution in [3.8, 4) is 0 Å². The number of rotatable bonds is 0. The predicted octanol–water partition coefficient (Wildman–Crippen LogP) is -0.161. The van der Waals surface area contributed by atoms with Crippen LogP contribution in [0.5, 0.6) is 0 Å². The van der Waals surface area contributed by atoms with E-state index in [1.165, 1.54) is 0 Å². The molecular formula is H2NNiO3S-. The van der Waals surface area contributed by atoms with Gasteiger partial charge in [-0.2, -0.15) is 0 Å². The first-order valence-corrected chi connectivity index (χ1v) is 2.16. The molecular weight excluding hydrogens is 153 g/mol. The van der Waals surface area contributed by atoms with Crippen LogP contribution in [0.1, 0.15) is 0 Å². The molecule has 0 atom stereocenters. The van der Waals surface area contributed by atoms with Crippen LogP contribution in [-0.2, 0) is 26.8 Å². The number of nitrogens with one attached hydrogen (secondary N) is 1. The molecule has 0 unspecified atom stereocenters. The second-order valence-corrected chi connectivity index (χ2v) is 1.43. The van der Waals surface area contributed by atoms with Crippen molar-refractivity contribution in [1.82, 2.24) is 0 Å². The summed E-state index contributed by atoms with van der Waals surface area (Å²) in [6.45, 7) is 0. The molecule has 0 aliphatic heterocycles. The largest absolute Gasteiger partial charge is 0.540 e. The van der Waals surface area contributed by atoms with Gasteiger partial charge in [-0.3, -0.25) is 4.55 Å². The van der Waals surface area contributed by atoms with Gasteiger partial charge in [0, 0.05) is 16.5 Å². The Balaban J connectivity index is 0. The van der Waals surface area contributed by atoms with Crippen molar-refractivity contribution in [3.05, 3.63) is 5.14 Å². The van der Waals surface area contributed by atoms with Gasteiger partial charge in [-0.15, -0.1) is 0 Å². The van der Waals surface area contributed by atoms with Crippen LogP contribution < -0.4 is 0 Å². The third-order valence-corrected chi connectivity index (χ3v) is 0. The van der Waals surface area contributed by atoms with Gasteiger partial charge in [-0.05, 0) is 0 Å². The van der Waals surface area contributed by atoms with Crippen molar-refractivity contribution < 1.29 is 29.5 Å². The van der Waals surface area contributed by atoms with Crippen LogP contribution in [0.2, 0.25) is 0 Å². The van der Waals surface area contributed by atoms with Crippen LogP contribution in [0.25, 0.3) is 5.14 Å². The monoisotopic (exact) mass is 154 g/mol. The van der Waals surface area contributed by atoms with Gasteiger partial charge >= 0.3 is 0 Å². The smallest absolute Gasteiger partial charge is 0.186 e. The van der Waals surface area contributed by atoms with Crippen LogP contribution in [-0.4, -0.2) is 13.0 Å². The summed E-state index contributed by atoms with van der Waals surface area (Å²) in [5.41, 5.74) is 0. The Morgan fingerprint density at radius 2 is 1.50 bits per heavy atom. The fraction of sp³-hybridized carbons (Fsp3) is 0. The minimum absolute atomic E-state index is 0. The summed E-state index contributed by atoms with van der Waals surface area (Å²) in [7, 11) is -4.42. The van der Waals surface area contributed by atoms with Crippen molar-refractivity contribution >= 4 is 10.3 Å². The first-order valence-electron chi connectivity index (χ1n) is 0.720. The molecule has 0 aliphatic rings. The molecule has 0 spiro atoms. The summed E-state index contributed by atoms with van der Waals surface area (Å²) in [6, 6.07) is 0. The molecule has 0 heterocycles. The van der Waals surface area contributed by atoms with Crippen molar-refractivity contribution in [2.45, 2.75) is 0 Å². The molecule has 2 N–H and O–H groups in total. The molecule has 0 aliphatic carbocycles. The van der Waals surface area contributed by atoms with Crippen LogP contribution in [0.3, 0.4) is 0 Å². The molecule has 0 aromatic carbocycles. The second-order valence-electron chi connectivity index (χ2n) is 0.475. The van der Waals surface area contributed by atoms with Crippen LogP contribution in [0.4, 0.5) is 0 Å². The summed E-state index contributed by atoms with van der Waals surface area (Å²) in [5, 5.41) is 5.47. The summed E-state index contributed by atoms with van der Waals surface area (Å²) >= 11 is 0. The van der Waals surface area contributed by atoms with Gasteiger partial charge in [-0.1, -0.05) is 0 Å². The molecule has 4 nitrogen and oxygen atoms in total. The van der Waals surface area contributed by atoms with Crippen LogP contribution in [0, 0.1) is 0 Å². The van der Waals surface area contributed by atoms with Crippen molar-refractivity contribution in [1.29, 1.82) is 0 Å². The quantitative estimate of drug-likeness (QED) is 0.389. The fourth-order valence-electron chi connectivity index (χ4n) is 0. The molecule has 0 aromatic rings. The third-order valence-electron chi connectivity index (χ3n) is 0. The average molecular weight is 155 g/mol. The van der Waals surface area contributed by atoms with Gasteiger partial charge in [0.25, 0.3) is 0 Å². The summed E-state index contributed by atoms with van der Waals surface area (Å²) in [6.07, 6.45) is 0. The zero-order valence-corrected chi connectivity index (χ0v) is 4.29. The van der Waals surface area contributed by atoms with Crippen molar-refractivity contribution in [3.63, 3.8) is 0 Å². The summed E-state index contributed by atoms with van der Waals surface area (Å²) < 4.78 is 24.9. The van der Waals surface area contributed by atoms with Gasteiger partial charge < -0.3 is 5.14 Å². The number of hydrogen-bond acceptors (Lipinski definition) is 2.